The molecule has 176 valence electrons. The van der Waals surface area contributed by atoms with Crippen LogP contribution >= 0.6 is 0 Å². The van der Waals surface area contributed by atoms with Crippen LogP contribution in [0.4, 0.5) is 0 Å². The van der Waals surface area contributed by atoms with Gasteiger partial charge in [0, 0.05) is 12.8 Å². The van der Waals surface area contributed by atoms with Crippen LogP contribution in [0.5, 0.6) is 0 Å². The van der Waals surface area contributed by atoms with Crippen molar-refractivity contribution in [3.05, 3.63) is 24.3 Å². The van der Waals surface area contributed by atoms with Crippen molar-refractivity contribution in [2.75, 3.05) is 0 Å². The number of carbonyl (C=O) groups is 1. The minimum absolute atomic E-state index is 0.506. The van der Waals surface area contributed by atoms with E-state index >= 15 is 0 Å². The maximum atomic E-state index is 11.9. The van der Waals surface area contributed by atoms with Gasteiger partial charge in [0.05, 0.1) is 0 Å². The molecule has 0 heterocycles. The Hall–Kier alpha value is -0.850. The fraction of sp³-hybridized carbons (Fsp3) is 0.828. The molecular weight excluding hydrogens is 364 g/mol. The number of allylic oxidation sites excluding steroid dienone is 4. The number of carbonyl (C=O) groups excluding carboxylic acids is 1. The van der Waals surface area contributed by atoms with Crippen molar-refractivity contribution in [1.82, 2.24) is 0 Å². The number of ketones is 1. The van der Waals surface area contributed by atoms with Crippen LogP contribution in [0.25, 0.3) is 0 Å². The van der Waals surface area contributed by atoms with E-state index in [-0.39, 0.29) is 0 Å². The van der Waals surface area contributed by atoms with Crippen LogP contribution in [0.2, 0.25) is 0 Å². The number of rotatable bonds is 24. The Labute approximate surface area is 190 Å². The summed E-state index contributed by atoms with van der Waals surface area (Å²) >= 11 is 0. The lowest BCUT2D eigenvalue weighted by atomic mass is 10.0. The van der Waals surface area contributed by atoms with E-state index in [1.807, 2.05) is 0 Å². The van der Waals surface area contributed by atoms with Crippen LogP contribution in [-0.2, 0) is 4.79 Å². The van der Waals surface area contributed by atoms with Crippen LogP contribution in [0.15, 0.2) is 24.3 Å². The Bertz CT molecular complexity index is 393. The molecular formula is C29H54O. The van der Waals surface area contributed by atoms with Crippen LogP contribution in [0.3, 0.4) is 0 Å². The van der Waals surface area contributed by atoms with Crippen LogP contribution < -0.4 is 0 Å². The number of hydrogen-bond acceptors (Lipinski definition) is 1. The number of hydrogen-bond donors (Lipinski definition) is 0. The third kappa shape index (κ3) is 25.2. The first kappa shape index (κ1) is 29.1. The molecule has 0 fully saturated rings. The van der Waals surface area contributed by atoms with Gasteiger partial charge in [-0.05, 0) is 44.9 Å². The van der Waals surface area contributed by atoms with E-state index in [9.17, 15) is 4.79 Å². The minimum atomic E-state index is 0.506. The molecule has 0 aromatic heterocycles. The van der Waals surface area contributed by atoms with E-state index in [1.165, 1.54) is 109 Å². The Balaban J connectivity index is 3.23. The highest BCUT2D eigenvalue weighted by Crippen LogP contribution is 2.13. The average Bonchev–Trinajstić information content (AvgIpc) is 2.75. The van der Waals surface area contributed by atoms with Gasteiger partial charge >= 0.3 is 0 Å². The lowest BCUT2D eigenvalue weighted by Gasteiger charge is -2.03. The summed E-state index contributed by atoms with van der Waals surface area (Å²) in [5.74, 6) is 0.506. The summed E-state index contributed by atoms with van der Waals surface area (Å²) in [7, 11) is 0. The van der Waals surface area contributed by atoms with Gasteiger partial charge in [-0.2, -0.15) is 0 Å². The molecule has 0 saturated heterocycles. The molecule has 0 amide bonds. The lowest BCUT2D eigenvalue weighted by Crippen LogP contribution is -1.97. The Morgan fingerprint density at radius 1 is 0.467 bits per heavy atom. The van der Waals surface area contributed by atoms with Crippen LogP contribution in [0, 0.1) is 0 Å². The molecule has 0 rings (SSSR count). The van der Waals surface area contributed by atoms with Gasteiger partial charge in [-0.25, -0.2) is 0 Å². The smallest absolute Gasteiger partial charge is 0.132 e. The topological polar surface area (TPSA) is 17.1 Å². The van der Waals surface area contributed by atoms with Gasteiger partial charge in [0.1, 0.15) is 5.78 Å². The predicted molar refractivity (Wildman–Crippen MR) is 136 cm³/mol. The minimum Gasteiger partial charge on any atom is -0.300 e. The van der Waals surface area contributed by atoms with E-state index in [0.29, 0.717) is 5.78 Å². The summed E-state index contributed by atoms with van der Waals surface area (Å²) in [6, 6.07) is 0. The zero-order valence-electron chi connectivity index (χ0n) is 20.8. The van der Waals surface area contributed by atoms with Crippen molar-refractivity contribution >= 4 is 5.78 Å². The highest BCUT2D eigenvalue weighted by molar-refractivity contribution is 5.78. The molecule has 0 saturated carbocycles. The SMILES string of the molecule is CCCCC/C=C\C/C=C\CCCCCCCCCC(=O)CCCCCCCCC. The van der Waals surface area contributed by atoms with Crippen molar-refractivity contribution in [1.29, 1.82) is 0 Å². The van der Waals surface area contributed by atoms with Gasteiger partial charge in [-0.3, -0.25) is 4.79 Å². The fourth-order valence-electron chi connectivity index (χ4n) is 3.89. The third-order valence-electron chi connectivity index (χ3n) is 5.97. The van der Waals surface area contributed by atoms with Gasteiger partial charge in [0.2, 0.25) is 0 Å². The molecule has 0 N–H and O–H groups in total. The molecule has 0 spiro atoms. The highest BCUT2D eigenvalue weighted by atomic mass is 16.1. The Kier molecular flexibility index (Phi) is 25.4. The molecule has 0 aliphatic carbocycles. The maximum absolute atomic E-state index is 11.9. The first-order chi connectivity index (χ1) is 14.8. The lowest BCUT2D eigenvalue weighted by molar-refractivity contribution is -0.119. The fourth-order valence-corrected chi connectivity index (χ4v) is 3.89. The molecule has 0 bridgehead atoms. The van der Waals surface area contributed by atoms with Crippen LogP contribution in [0.1, 0.15) is 155 Å². The Morgan fingerprint density at radius 2 is 0.833 bits per heavy atom. The standard InChI is InChI=1S/C29H54O/c1-3-5-7-9-11-12-13-14-15-16-17-18-19-20-22-24-26-28-29(30)27-25-23-21-10-8-6-4-2/h11-12,14-15H,3-10,13,16-28H2,1-2H3/b12-11-,15-14-. The van der Waals surface area contributed by atoms with Crippen molar-refractivity contribution in [2.45, 2.75) is 155 Å². The summed E-state index contributed by atoms with van der Waals surface area (Å²) in [4.78, 5) is 11.9. The van der Waals surface area contributed by atoms with Crippen molar-refractivity contribution in [3.63, 3.8) is 0 Å². The molecule has 0 aromatic carbocycles. The number of Topliss-reactive ketones (excluding diaryl/α,β-unsaturated/α-hetero) is 1. The Morgan fingerprint density at radius 3 is 1.33 bits per heavy atom. The molecule has 0 atom stereocenters. The summed E-state index contributed by atoms with van der Waals surface area (Å²) in [5, 5.41) is 0. The molecule has 0 aliphatic rings. The molecule has 0 radical (unpaired) electrons. The van der Waals surface area contributed by atoms with E-state index in [4.69, 9.17) is 0 Å². The molecule has 0 aromatic rings. The molecule has 1 nitrogen and oxygen atoms in total. The molecule has 1 heteroatoms. The average molecular weight is 419 g/mol. The van der Waals surface area contributed by atoms with Gasteiger partial charge in [-0.1, -0.05) is 122 Å². The third-order valence-corrected chi connectivity index (χ3v) is 5.97. The maximum Gasteiger partial charge on any atom is 0.132 e. The van der Waals surface area contributed by atoms with Gasteiger partial charge < -0.3 is 0 Å². The highest BCUT2D eigenvalue weighted by Gasteiger charge is 2.02. The van der Waals surface area contributed by atoms with E-state index in [0.717, 1.165) is 32.1 Å². The summed E-state index contributed by atoms with van der Waals surface area (Å²) in [6.45, 7) is 4.52. The van der Waals surface area contributed by atoms with Gasteiger partial charge in [0.15, 0.2) is 0 Å². The first-order valence-corrected chi connectivity index (χ1v) is 13.6. The van der Waals surface area contributed by atoms with E-state index < -0.39 is 0 Å². The summed E-state index contributed by atoms with van der Waals surface area (Å²) in [5.41, 5.74) is 0. The van der Waals surface area contributed by atoms with Gasteiger partial charge in [-0.15, -0.1) is 0 Å². The van der Waals surface area contributed by atoms with Crippen molar-refractivity contribution in [3.8, 4) is 0 Å². The molecule has 0 aliphatic heterocycles. The summed E-state index contributed by atoms with van der Waals surface area (Å²) in [6.07, 6.45) is 36.7. The zero-order valence-corrected chi connectivity index (χ0v) is 20.8. The van der Waals surface area contributed by atoms with Crippen molar-refractivity contribution in [2.24, 2.45) is 0 Å². The molecule has 30 heavy (non-hydrogen) atoms. The first-order valence-electron chi connectivity index (χ1n) is 13.6. The summed E-state index contributed by atoms with van der Waals surface area (Å²) < 4.78 is 0. The largest absolute Gasteiger partial charge is 0.300 e. The van der Waals surface area contributed by atoms with Crippen molar-refractivity contribution < 1.29 is 4.79 Å². The number of unbranched alkanes of at least 4 members (excludes halogenated alkanes) is 16. The second kappa shape index (κ2) is 26.2. The second-order valence-electron chi connectivity index (χ2n) is 9.10. The monoisotopic (exact) mass is 418 g/mol. The second-order valence-corrected chi connectivity index (χ2v) is 9.10. The normalized spacial score (nSPS) is 11.8. The molecule has 0 unspecified atom stereocenters. The van der Waals surface area contributed by atoms with E-state index in [1.54, 1.807) is 0 Å². The van der Waals surface area contributed by atoms with Gasteiger partial charge in [0.25, 0.3) is 0 Å². The predicted octanol–water partition coefficient (Wildman–Crippen LogP) is 10.3. The van der Waals surface area contributed by atoms with Crippen LogP contribution in [-0.4, -0.2) is 5.78 Å². The zero-order chi connectivity index (χ0) is 22.0. The van der Waals surface area contributed by atoms with E-state index in [2.05, 4.69) is 38.2 Å². The quantitative estimate of drug-likeness (QED) is 0.112.